The van der Waals surface area contributed by atoms with Gasteiger partial charge in [0.05, 0.1) is 5.69 Å². The molecule has 2 rings (SSSR count). The third-order valence-electron chi connectivity index (χ3n) is 2.38. The summed E-state index contributed by atoms with van der Waals surface area (Å²) in [6.45, 7) is 4.45. The van der Waals surface area contributed by atoms with Gasteiger partial charge >= 0.3 is 5.97 Å². The molecule has 0 amide bonds. The smallest absolute Gasteiger partial charge is 0.347 e. The zero-order chi connectivity index (χ0) is 12.4. The van der Waals surface area contributed by atoms with Crippen molar-refractivity contribution in [3.8, 4) is 0 Å². The Morgan fingerprint density at radius 3 is 2.76 bits per heavy atom. The highest BCUT2D eigenvalue weighted by Crippen LogP contribution is 2.23. The average Bonchev–Trinajstić information content (AvgIpc) is 2.82. The van der Waals surface area contributed by atoms with E-state index in [9.17, 15) is 4.79 Å². The fraction of sp³-hybridized carbons (Fsp3) is 0.273. The largest absolute Gasteiger partial charge is 0.477 e. The fourth-order valence-corrected chi connectivity index (χ4v) is 3.07. The van der Waals surface area contributed by atoms with E-state index >= 15 is 0 Å². The van der Waals surface area contributed by atoms with Gasteiger partial charge in [0, 0.05) is 6.54 Å². The standard InChI is InChI=1S/C11H12N2O2S2/c1-6-4-16-5-8(6)3-12-11-13-7(2)9(17-11)10(14)15/h4-5H,3H2,1-2H3,(H,12,13)(H,14,15). The number of anilines is 1. The molecule has 0 fully saturated rings. The average molecular weight is 268 g/mol. The monoisotopic (exact) mass is 268 g/mol. The second kappa shape index (κ2) is 4.85. The molecule has 0 radical (unpaired) electrons. The van der Waals surface area contributed by atoms with Gasteiger partial charge in [-0.15, -0.1) is 0 Å². The van der Waals surface area contributed by atoms with Crippen LogP contribution < -0.4 is 5.32 Å². The number of aromatic carboxylic acids is 1. The van der Waals surface area contributed by atoms with E-state index < -0.39 is 5.97 Å². The lowest BCUT2D eigenvalue weighted by Crippen LogP contribution is -1.98. The fourth-order valence-electron chi connectivity index (χ4n) is 1.41. The molecule has 0 saturated heterocycles. The van der Waals surface area contributed by atoms with Crippen molar-refractivity contribution < 1.29 is 9.90 Å². The number of nitrogens with one attached hydrogen (secondary N) is 1. The van der Waals surface area contributed by atoms with Crippen LogP contribution in [-0.4, -0.2) is 16.1 Å². The van der Waals surface area contributed by atoms with Crippen LogP contribution in [0.3, 0.4) is 0 Å². The van der Waals surface area contributed by atoms with E-state index in [1.165, 1.54) is 22.5 Å². The predicted molar refractivity (Wildman–Crippen MR) is 70.2 cm³/mol. The maximum Gasteiger partial charge on any atom is 0.347 e. The van der Waals surface area contributed by atoms with Crippen LogP contribution in [0.15, 0.2) is 10.8 Å². The Morgan fingerprint density at radius 1 is 1.47 bits per heavy atom. The molecule has 0 bridgehead atoms. The van der Waals surface area contributed by atoms with Crippen molar-refractivity contribution in [3.05, 3.63) is 32.5 Å². The lowest BCUT2D eigenvalue weighted by Gasteiger charge is -2.01. The molecule has 0 aromatic carbocycles. The molecule has 90 valence electrons. The van der Waals surface area contributed by atoms with Crippen LogP contribution in [0.2, 0.25) is 0 Å². The first-order valence-electron chi connectivity index (χ1n) is 5.04. The molecule has 0 aliphatic carbocycles. The zero-order valence-corrected chi connectivity index (χ0v) is 11.1. The maximum absolute atomic E-state index is 10.9. The highest BCUT2D eigenvalue weighted by molar-refractivity contribution is 7.17. The van der Waals surface area contributed by atoms with Crippen molar-refractivity contribution in [2.75, 3.05) is 5.32 Å². The number of carbonyl (C=O) groups is 1. The van der Waals surface area contributed by atoms with Gasteiger partial charge in [-0.1, -0.05) is 11.3 Å². The zero-order valence-electron chi connectivity index (χ0n) is 9.48. The third-order valence-corrected chi connectivity index (χ3v) is 4.40. The summed E-state index contributed by atoms with van der Waals surface area (Å²) in [5.41, 5.74) is 3.03. The van der Waals surface area contributed by atoms with Gasteiger partial charge in [0.1, 0.15) is 4.88 Å². The maximum atomic E-state index is 10.9. The number of thiazole rings is 1. The molecule has 2 N–H and O–H groups in total. The summed E-state index contributed by atoms with van der Waals surface area (Å²) in [6.07, 6.45) is 0. The molecule has 0 saturated carbocycles. The second-order valence-electron chi connectivity index (χ2n) is 3.67. The molecule has 17 heavy (non-hydrogen) atoms. The van der Waals surface area contributed by atoms with E-state index in [2.05, 4.69) is 28.0 Å². The van der Waals surface area contributed by atoms with Crippen LogP contribution in [0.5, 0.6) is 0 Å². The molecule has 2 aromatic rings. The van der Waals surface area contributed by atoms with Crippen LogP contribution in [0.25, 0.3) is 0 Å². The Morgan fingerprint density at radius 2 is 2.24 bits per heavy atom. The summed E-state index contributed by atoms with van der Waals surface area (Å²) < 4.78 is 0. The quantitative estimate of drug-likeness (QED) is 0.894. The SMILES string of the molecule is Cc1cscc1CNc1nc(C)c(C(=O)O)s1. The Bertz CT molecular complexity index is 545. The molecular weight excluding hydrogens is 256 g/mol. The van der Waals surface area contributed by atoms with Gasteiger partial charge < -0.3 is 10.4 Å². The number of carboxylic acid groups (broad SMARTS) is 1. The molecule has 0 atom stereocenters. The van der Waals surface area contributed by atoms with E-state index in [0.29, 0.717) is 22.2 Å². The number of hydrogen-bond donors (Lipinski definition) is 2. The van der Waals surface area contributed by atoms with Crippen molar-refractivity contribution in [2.45, 2.75) is 20.4 Å². The first-order chi connectivity index (χ1) is 8.08. The summed E-state index contributed by atoms with van der Waals surface area (Å²) in [5.74, 6) is -0.917. The summed E-state index contributed by atoms with van der Waals surface area (Å²) in [6, 6.07) is 0. The van der Waals surface area contributed by atoms with Crippen molar-refractivity contribution in [1.29, 1.82) is 0 Å². The summed E-state index contributed by atoms with van der Waals surface area (Å²) in [7, 11) is 0. The minimum Gasteiger partial charge on any atom is -0.477 e. The molecule has 4 nitrogen and oxygen atoms in total. The van der Waals surface area contributed by atoms with Gasteiger partial charge in [0.2, 0.25) is 0 Å². The van der Waals surface area contributed by atoms with Gasteiger partial charge in [-0.2, -0.15) is 11.3 Å². The number of aromatic nitrogens is 1. The Hall–Kier alpha value is -1.40. The highest BCUT2D eigenvalue weighted by Gasteiger charge is 2.13. The minimum absolute atomic E-state index is 0.301. The Kier molecular flexibility index (Phi) is 3.44. The lowest BCUT2D eigenvalue weighted by atomic mass is 10.2. The number of rotatable bonds is 4. The van der Waals surface area contributed by atoms with E-state index in [0.717, 1.165) is 0 Å². The molecule has 0 aliphatic rings. The normalized spacial score (nSPS) is 10.5. The van der Waals surface area contributed by atoms with Gasteiger partial charge in [0.25, 0.3) is 0 Å². The van der Waals surface area contributed by atoms with Crippen LogP contribution in [-0.2, 0) is 6.54 Å². The van der Waals surface area contributed by atoms with E-state index in [-0.39, 0.29) is 0 Å². The second-order valence-corrected chi connectivity index (χ2v) is 5.41. The molecular formula is C11H12N2O2S2. The predicted octanol–water partition coefficient (Wildman–Crippen LogP) is 3.13. The summed E-state index contributed by atoms with van der Waals surface area (Å²) in [5, 5.41) is 16.9. The van der Waals surface area contributed by atoms with Crippen LogP contribution in [0, 0.1) is 13.8 Å². The minimum atomic E-state index is -0.917. The number of hydrogen-bond acceptors (Lipinski definition) is 5. The van der Waals surface area contributed by atoms with Crippen molar-refractivity contribution >= 4 is 33.8 Å². The summed E-state index contributed by atoms with van der Waals surface area (Å²) >= 11 is 2.84. The number of aryl methyl sites for hydroxylation is 2. The van der Waals surface area contributed by atoms with Gasteiger partial charge in [-0.3, -0.25) is 0 Å². The van der Waals surface area contributed by atoms with Crippen LogP contribution >= 0.6 is 22.7 Å². The van der Waals surface area contributed by atoms with E-state index in [1.54, 1.807) is 18.3 Å². The van der Waals surface area contributed by atoms with Crippen LogP contribution in [0.1, 0.15) is 26.5 Å². The first-order valence-corrected chi connectivity index (χ1v) is 6.80. The summed E-state index contributed by atoms with van der Waals surface area (Å²) in [4.78, 5) is 15.4. The number of thiophene rings is 1. The Balaban J connectivity index is 2.07. The lowest BCUT2D eigenvalue weighted by molar-refractivity contribution is 0.0701. The third kappa shape index (κ3) is 2.65. The molecule has 0 spiro atoms. The molecule has 2 aromatic heterocycles. The molecule has 2 heterocycles. The number of nitrogens with zero attached hydrogens (tertiary/aromatic N) is 1. The van der Waals surface area contributed by atoms with E-state index in [1.807, 2.05) is 0 Å². The van der Waals surface area contributed by atoms with Gasteiger partial charge in [0.15, 0.2) is 5.13 Å². The molecule has 0 unspecified atom stereocenters. The van der Waals surface area contributed by atoms with E-state index in [4.69, 9.17) is 5.11 Å². The van der Waals surface area contributed by atoms with Crippen molar-refractivity contribution in [3.63, 3.8) is 0 Å². The highest BCUT2D eigenvalue weighted by atomic mass is 32.1. The van der Waals surface area contributed by atoms with Crippen LogP contribution in [0.4, 0.5) is 5.13 Å². The van der Waals surface area contributed by atoms with Crippen molar-refractivity contribution in [1.82, 2.24) is 4.98 Å². The Labute approximate surface area is 107 Å². The van der Waals surface area contributed by atoms with Crippen molar-refractivity contribution in [2.24, 2.45) is 0 Å². The number of carboxylic acids is 1. The molecule has 6 heteroatoms. The van der Waals surface area contributed by atoms with Gasteiger partial charge in [-0.25, -0.2) is 9.78 Å². The first kappa shape index (κ1) is 12.1. The van der Waals surface area contributed by atoms with Gasteiger partial charge in [-0.05, 0) is 35.7 Å². The topological polar surface area (TPSA) is 62.2 Å². The molecule has 0 aliphatic heterocycles.